The summed E-state index contributed by atoms with van der Waals surface area (Å²) in [7, 11) is 0. The fraction of sp³-hybridized carbons (Fsp3) is 0.333. The van der Waals surface area contributed by atoms with Gasteiger partial charge in [-0.15, -0.1) is 0 Å². The number of hydrogen-bond acceptors (Lipinski definition) is 4. The first-order valence-corrected chi connectivity index (χ1v) is 7.07. The molecule has 1 aliphatic heterocycles. The third-order valence-electron chi connectivity index (χ3n) is 3.56. The van der Waals surface area contributed by atoms with Crippen molar-refractivity contribution < 1.29 is 13.9 Å². The van der Waals surface area contributed by atoms with Crippen molar-refractivity contribution in [2.75, 3.05) is 19.7 Å². The van der Waals surface area contributed by atoms with Crippen molar-refractivity contribution in [3.63, 3.8) is 0 Å². The van der Waals surface area contributed by atoms with Crippen LogP contribution in [0.5, 0.6) is 5.75 Å². The number of ether oxygens (including phenoxy) is 1. The lowest BCUT2D eigenvalue weighted by molar-refractivity contribution is -0.136. The number of amides is 1. The lowest BCUT2D eigenvalue weighted by atomic mass is 10.1. The van der Waals surface area contributed by atoms with Crippen molar-refractivity contribution in [3.8, 4) is 5.75 Å². The number of hydrogen-bond donors (Lipinski definition) is 0. The van der Waals surface area contributed by atoms with Crippen molar-refractivity contribution in [2.24, 2.45) is 0 Å². The maximum absolute atomic E-state index is 11.8. The van der Waals surface area contributed by atoms with Crippen LogP contribution in [0.4, 0.5) is 0 Å². The average molecular weight is 308 g/mol. The standard InChI is InChI=1S/C15H14ClNO4/c1-9-5-15(19)21-12-7-13(11(16)6-10(9)12)20-8-14(18)17-3-2-4-17/h5-7H,2-4,8H2,1H3. The largest absolute Gasteiger partial charge is 0.482 e. The minimum Gasteiger partial charge on any atom is -0.482 e. The molecule has 0 unspecified atom stereocenters. The highest BCUT2D eigenvalue weighted by molar-refractivity contribution is 6.32. The van der Waals surface area contributed by atoms with Gasteiger partial charge >= 0.3 is 5.63 Å². The summed E-state index contributed by atoms with van der Waals surface area (Å²) in [6.07, 6.45) is 1.03. The van der Waals surface area contributed by atoms with Gasteiger partial charge < -0.3 is 14.1 Å². The van der Waals surface area contributed by atoms with Crippen molar-refractivity contribution in [2.45, 2.75) is 13.3 Å². The first-order chi connectivity index (χ1) is 10.0. The molecule has 0 spiro atoms. The molecule has 21 heavy (non-hydrogen) atoms. The van der Waals surface area contributed by atoms with Crippen LogP contribution in [-0.4, -0.2) is 30.5 Å². The molecule has 1 amide bonds. The Kier molecular flexibility index (Phi) is 3.59. The normalized spacial score (nSPS) is 14.1. The smallest absolute Gasteiger partial charge is 0.336 e. The lowest BCUT2D eigenvalue weighted by Crippen LogP contribution is -2.44. The second kappa shape index (κ2) is 5.41. The number of likely N-dealkylation sites (tertiary alicyclic amines) is 1. The summed E-state index contributed by atoms with van der Waals surface area (Å²) in [5.74, 6) is 0.273. The van der Waals surface area contributed by atoms with E-state index < -0.39 is 5.63 Å². The topological polar surface area (TPSA) is 59.8 Å². The maximum Gasteiger partial charge on any atom is 0.336 e. The molecule has 1 aromatic carbocycles. The summed E-state index contributed by atoms with van der Waals surface area (Å²) < 4.78 is 10.6. The Morgan fingerprint density at radius 3 is 2.81 bits per heavy atom. The van der Waals surface area contributed by atoms with E-state index in [1.807, 2.05) is 6.92 Å². The molecule has 6 heteroatoms. The van der Waals surface area contributed by atoms with E-state index in [0.29, 0.717) is 16.4 Å². The van der Waals surface area contributed by atoms with Crippen molar-refractivity contribution in [1.29, 1.82) is 0 Å². The zero-order valence-corrected chi connectivity index (χ0v) is 12.3. The van der Waals surface area contributed by atoms with Gasteiger partial charge in [0.25, 0.3) is 5.91 Å². The van der Waals surface area contributed by atoms with E-state index >= 15 is 0 Å². The van der Waals surface area contributed by atoms with E-state index in [0.717, 1.165) is 30.5 Å². The maximum atomic E-state index is 11.8. The van der Waals surface area contributed by atoms with Crippen LogP contribution in [0.2, 0.25) is 5.02 Å². The van der Waals surface area contributed by atoms with Crippen LogP contribution in [-0.2, 0) is 4.79 Å². The Morgan fingerprint density at radius 2 is 2.14 bits per heavy atom. The molecule has 0 saturated carbocycles. The number of fused-ring (bicyclic) bond motifs is 1. The number of aryl methyl sites for hydroxylation is 1. The minimum absolute atomic E-state index is 0.0666. The molecule has 1 fully saturated rings. The van der Waals surface area contributed by atoms with E-state index in [1.54, 1.807) is 17.0 Å². The van der Waals surface area contributed by atoms with Gasteiger partial charge in [0.05, 0.1) is 5.02 Å². The molecule has 110 valence electrons. The monoisotopic (exact) mass is 307 g/mol. The summed E-state index contributed by atoms with van der Waals surface area (Å²) in [5.41, 5.74) is 0.757. The van der Waals surface area contributed by atoms with Crippen LogP contribution in [0, 0.1) is 6.92 Å². The first kappa shape index (κ1) is 13.9. The highest BCUT2D eigenvalue weighted by atomic mass is 35.5. The second-order valence-electron chi connectivity index (χ2n) is 5.05. The summed E-state index contributed by atoms with van der Waals surface area (Å²) in [5, 5.41) is 1.14. The van der Waals surface area contributed by atoms with Crippen molar-refractivity contribution in [1.82, 2.24) is 4.90 Å². The summed E-state index contributed by atoms with van der Waals surface area (Å²) in [6, 6.07) is 4.64. The number of halogens is 1. The molecular formula is C15H14ClNO4. The van der Waals surface area contributed by atoms with E-state index in [-0.39, 0.29) is 12.5 Å². The van der Waals surface area contributed by atoms with E-state index in [9.17, 15) is 9.59 Å². The van der Waals surface area contributed by atoms with Crippen molar-refractivity contribution >= 4 is 28.5 Å². The third-order valence-corrected chi connectivity index (χ3v) is 3.86. The van der Waals surface area contributed by atoms with Crippen LogP contribution in [0.25, 0.3) is 11.0 Å². The van der Waals surface area contributed by atoms with Crippen LogP contribution in [0.3, 0.4) is 0 Å². The number of nitrogens with zero attached hydrogens (tertiary/aromatic N) is 1. The summed E-state index contributed by atoms with van der Waals surface area (Å²) in [4.78, 5) is 24.9. The molecule has 3 rings (SSSR count). The molecular weight excluding hydrogens is 294 g/mol. The van der Waals surface area contributed by atoms with Gasteiger partial charge in [-0.05, 0) is 25.0 Å². The second-order valence-corrected chi connectivity index (χ2v) is 5.46. The van der Waals surface area contributed by atoms with Crippen LogP contribution >= 0.6 is 11.6 Å². The fourth-order valence-corrected chi connectivity index (χ4v) is 2.44. The molecule has 1 saturated heterocycles. The van der Waals surface area contributed by atoms with Gasteiger partial charge in [-0.2, -0.15) is 0 Å². The molecule has 5 nitrogen and oxygen atoms in total. The van der Waals surface area contributed by atoms with E-state index in [4.69, 9.17) is 20.8 Å². The van der Waals surface area contributed by atoms with Crippen LogP contribution in [0.1, 0.15) is 12.0 Å². The first-order valence-electron chi connectivity index (χ1n) is 6.69. The van der Waals surface area contributed by atoms with Gasteiger partial charge in [-0.1, -0.05) is 11.6 Å². The SMILES string of the molecule is Cc1cc(=O)oc2cc(OCC(=O)N3CCC3)c(Cl)cc12. The van der Waals surface area contributed by atoms with Gasteiger partial charge in [0.2, 0.25) is 0 Å². The lowest BCUT2D eigenvalue weighted by Gasteiger charge is -2.30. The quantitative estimate of drug-likeness (QED) is 0.817. The molecule has 2 heterocycles. The Bertz CT molecular complexity index is 764. The van der Waals surface area contributed by atoms with Gasteiger partial charge in [0.1, 0.15) is 11.3 Å². The molecule has 1 aliphatic rings. The Hall–Kier alpha value is -2.01. The Morgan fingerprint density at radius 1 is 1.38 bits per heavy atom. The van der Waals surface area contributed by atoms with Crippen LogP contribution in [0.15, 0.2) is 27.4 Å². The highest BCUT2D eigenvalue weighted by Gasteiger charge is 2.20. The number of carbonyl (C=O) groups excluding carboxylic acids is 1. The minimum atomic E-state index is -0.426. The number of rotatable bonds is 3. The third kappa shape index (κ3) is 2.74. The zero-order chi connectivity index (χ0) is 15.0. The van der Waals surface area contributed by atoms with Crippen molar-refractivity contribution in [3.05, 3.63) is 39.2 Å². The Labute approximate surface area is 126 Å². The molecule has 1 aromatic heterocycles. The Balaban J connectivity index is 1.86. The van der Waals surface area contributed by atoms with Gasteiger partial charge in [-0.3, -0.25) is 4.79 Å². The molecule has 0 radical (unpaired) electrons. The molecule has 0 bridgehead atoms. The number of carbonyl (C=O) groups is 1. The highest BCUT2D eigenvalue weighted by Crippen LogP contribution is 2.31. The van der Waals surface area contributed by atoms with Gasteiger partial charge in [0.15, 0.2) is 6.61 Å². The van der Waals surface area contributed by atoms with Gasteiger partial charge in [-0.25, -0.2) is 4.79 Å². The predicted molar refractivity (Wildman–Crippen MR) is 78.9 cm³/mol. The van der Waals surface area contributed by atoms with Gasteiger partial charge in [0, 0.05) is 30.6 Å². The average Bonchev–Trinajstić information content (AvgIpc) is 2.35. The number of benzene rings is 1. The molecule has 0 atom stereocenters. The van der Waals surface area contributed by atoms with E-state index in [1.165, 1.54) is 6.07 Å². The molecule has 2 aromatic rings. The zero-order valence-electron chi connectivity index (χ0n) is 11.5. The predicted octanol–water partition coefficient (Wildman–Crippen LogP) is 2.37. The molecule has 0 N–H and O–H groups in total. The molecule has 0 aliphatic carbocycles. The van der Waals surface area contributed by atoms with Crippen LogP contribution < -0.4 is 10.4 Å². The summed E-state index contributed by atoms with van der Waals surface area (Å²) in [6.45, 7) is 3.30. The fourth-order valence-electron chi connectivity index (χ4n) is 2.23. The summed E-state index contributed by atoms with van der Waals surface area (Å²) >= 11 is 6.16. The van der Waals surface area contributed by atoms with E-state index in [2.05, 4.69) is 0 Å².